The van der Waals surface area contributed by atoms with Gasteiger partial charge in [-0.15, -0.1) is 4.99 Å². The lowest BCUT2D eigenvalue weighted by atomic mass is 10.1. The predicted molar refractivity (Wildman–Crippen MR) is 119 cm³/mol. The van der Waals surface area contributed by atoms with Crippen LogP contribution in [0.4, 0.5) is 4.79 Å². The Kier molecular flexibility index (Phi) is 7.37. The average Bonchev–Trinajstić information content (AvgIpc) is 3.28. The minimum absolute atomic E-state index is 0.0298. The van der Waals surface area contributed by atoms with Gasteiger partial charge in [0.05, 0.1) is 0 Å². The molecule has 0 atom stereocenters. The Balaban J connectivity index is 1.50. The van der Waals surface area contributed by atoms with Gasteiger partial charge in [0.2, 0.25) is 5.96 Å². The van der Waals surface area contributed by atoms with Gasteiger partial charge in [0.15, 0.2) is 0 Å². The topological polar surface area (TPSA) is 139 Å². The first-order valence-electron chi connectivity index (χ1n) is 9.80. The monoisotopic (exact) mass is 433 g/mol. The highest BCUT2D eigenvalue weighted by atomic mass is 16.5. The molecule has 0 unspecified atom stereocenters. The average molecular weight is 433 g/mol. The number of aliphatic imine (C=N–C) groups is 1. The number of hydrogen-bond donors (Lipinski definition) is 4. The summed E-state index contributed by atoms with van der Waals surface area (Å²) in [5, 5.41) is 5.06. The number of amides is 3. The molecule has 9 heteroatoms. The zero-order chi connectivity index (χ0) is 22.9. The Hall–Kier alpha value is -4.40. The number of nitrogens with two attached hydrogens (primary N) is 1. The van der Waals surface area contributed by atoms with E-state index in [0.717, 1.165) is 16.7 Å². The minimum atomic E-state index is -0.936. The number of guanidine groups is 1. The number of benzene rings is 2. The molecule has 5 N–H and O–H groups in total. The molecule has 1 aromatic heterocycles. The van der Waals surface area contributed by atoms with Gasteiger partial charge in [0.1, 0.15) is 18.0 Å². The van der Waals surface area contributed by atoms with Crippen molar-refractivity contribution in [3.63, 3.8) is 0 Å². The molecule has 1 heterocycles. The molecule has 0 aliphatic heterocycles. The van der Waals surface area contributed by atoms with Gasteiger partial charge in [0, 0.05) is 6.54 Å². The Morgan fingerprint density at radius 2 is 1.59 bits per heavy atom. The van der Waals surface area contributed by atoms with Gasteiger partial charge in [-0.25, -0.2) is 4.79 Å². The number of hydrogen-bond acceptors (Lipinski definition) is 4. The van der Waals surface area contributed by atoms with Crippen molar-refractivity contribution in [1.29, 1.82) is 0 Å². The first-order chi connectivity index (χ1) is 15.4. The van der Waals surface area contributed by atoms with Gasteiger partial charge in [-0.2, -0.15) is 0 Å². The first-order valence-corrected chi connectivity index (χ1v) is 9.80. The Bertz CT molecular complexity index is 1140. The summed E-state index contributed by atoms with van der Waals surface area (Å²) in [7, 11) is 0. The number of rotatable bonds is 6. The zero-order valence-corrected chi connectivity index (χ0v) is 17.4. The van der Waals surface area contributed by atoms with E-state index in [1.165, 1.54) is 12.1 Å². The summed E-state index contributed by atoms with van der Waals surface area (Å²) in [5.41, 5.74) is 8.74. The molecular formula is C23H23N5O4. The second-order valence-corrected chi connectivity index (χ2v) is 6.89. The highest BCUT2D eigenvalue weighted by Gasteiger charge is 2.14. The van der Waals surface area contributed by atoms with Crippen LogP contribution in [0.15, 0.2) is 71.7 Å². The maximum Gasteiger partial charge on any atom is 0.437 e. The van der Waals surface area contributed by atoms with E-state index in [9.17, 15) is 14.4 Å². The molecule has 32 heavy (non-hydrogen) atoms. The van der Waals surface area contributed by atoms with Crippen molar-refractivity contribution in [3.8, 4) is 0 Å². The van der Waals surface area contributed by atoms with Gasteiger partial charge < -0.3 is 20.8 Å². The zero-order valence-electron chi connectivity index (χ0n) is 17.4. The highest BCUT2D eigenvalue weighted by molar-refractivity contribution is 6.07. The maximum atomic E-state index is 12.3. The Morgan fingerprint density at radius 3 is 2.31 bits per heavy atom. The quantitative estimate of drug-likeness (QED) is 0.350. The molecule has 0 saturated heterocycles. The van der Waals surface area contributed by atoms with Crippen LogP contribution in [0, 0.1) is 6.92 Å². The van der Waals surface area contributed by atoms with E-state index in [1.54, 1.807) is 12.1 Å². The third-order valence-electron chi connectivity index (χ3n) is 4.53. The summed E-state index contributed by atoms with van der Waals surface area (Å²) < 4.78 is 4.97. The van der Waals surface area contributed by atoms with Crippen LogP contribution < -0.4 is 16.4 Å². The number of ether oxygens (including phenoxy) is 1. The Labute approximate surface area is 184 Å². The molecule has 0 saturated carbocycles. The molecule has 164 valence electrons. The molecule has 0 fully saturated rings. The van der Waals surface area contributed by atoms with Crippen molar-refractivity contribution in [1.82, 2.24) is 15.6 Å². The van der Waals surface area contributed by atoms with E-state index in [1.807, 2.05) is 49.4 Å². The van der Waals surface area contributed by atoms with Crippen LogP contribution in [0.1, 0.15) is 37.7 Å². The lowest BCUT2D eigenvalue weighted by Gasteiger charge is -2.07. The van der Waals surface area contributed by atoms with Crippen molar-refractivity contribution in [3.05, 3.63) is 94.8 Å². The summed E-state index contributed by atoms with van der Waals surface area (Å²) in [6.45, 7) is 2.35. The van der Waals surface area contributed by atoms with Crippen LogP contribution in [0.5, 0.6) is 0 Å². The predicted octanol–water partition coefficient (Wildman–Crippen LogP) is 2.63. The van der Waals surface area contributed by atoms with Crippen molar-refractivity contribution >= 4 is 23.9 Å². The largest absolute Gasteiger partial charge is 0.443 e. The lowest BCUT2D eigenvalue weighted by molar-refractivity contribution is 0.0946. The molecule has 0 bridgehead atoms. The summed E-state index contributed by atoms with van der Waals surface area (Å²) >= 11 is 0. The number of aryl methyl sites for hydroxylation is 1. The van der Waals surface area contributed by atoms with Crippen LogP contribution in [0.3, 0.4) is 0 Å². The van der Waals surface area contributed by atoms with Gasteiger partial charge in [-0.3, -0.25) is 14.9 Å². The summed E-state index contributed by atoms with van der Waals surface area (Å²) in [5.74, 6) is -1.44. The molecule has 0 aliphatic rings. The smallest absolute Gasteiger partial charge is 0.437 e. The van der Waals surface area contributed by atoms with Gasteiger partial charge in [-0.1, -0.05) is 54.6 Å². The van der Waals surface area contributed by atoms with E-state index in [-0.39, 0.29) is 23.9 Å². The number of carbonyl (C=O) groups is 3. The SMILES string of the molecule is Cc1ccccc1CNC(=O)c1ccc(C(=O)NC(N)=NC(=O)OCc2ccccc2)[nH]1. The molecule has 0 aliphatic carbocycles. The molecule has 2 aromatic carbocycles. The molecule has 3 amide bonds. The van der Waals surface area contributed by atoms with Gasteiger partial charge in [0.25, 0.3) is 11.8 Å². The van der Waals surface area contributed by atoms with Crippen LogP contribution in [-0.2, 0) is 17.9 Å². The highest BCUT2D eigenvalue weighted by Crippen LogP contribution is 2.08. The van der Waals surface area contributed by atoms with Crippen LogP contribution in [-0.4, -0.2) is 28.9 Å². The van der Waals surface area contributed by atoms with Crippen LogP contribution >= 0.6 is 0 Å². The molecule has 9 nitrogen and oxygen atoms in total. The van der Waals surface area contributed by atoms with E-state index in [4.69, 9.17) is 10.5 Å². The molecule has 3 aromatic rings. The van der Waals surface area contributed by atoms with Crippen molar-refractivity contribution in [2.45, 2.75) is 20.1 Å². The van der Waals surface area contributed by atoms with Crippen LogP contribution in [0.2, 0.25) is 0 Å². The fourth-order valence-electron chi connectivity index (χ4n) is 2.80. The number of carbonyl (C=O) groups excluding carboxylic acids is 3. The summed E-state index contributed by atoms with van der Waals surface area (Å²) in [4.78, 5) is 42.6. The lowest BCUT2D eigenvalue weighted by Crippen LogP contribution is -2.37. The molecule has 0 radical (unpaired) electrons. The third kappa shape index (κ3) is 6.30. The van der Waals surface area contributed by atoms with E-state index in [2.05, 4.69) is 20.6 Å². The molecular weight excluding hydrogens is 410 g/mol. The maximum absolute atomic E-state index is 12.3. The summed E-state index contributed by atoms with van der Waals surface area (Å²) in [6, 6.07) is 19.7. The third-order valence-corrected chi connectivity index (χ3v) is 4.53. The van der Waals surface area contributed by atoms with Crippen molar-refractivity contribution in [2.24, 2.45) is 10.7 Å². The van der Waals surface area contributed by atoms with E-state index in [0.29, 0.717) is 6.54 Å². The second kappa shape index (κ2) is 10.6. The van der Waals surface area contributed by atoms with E-state index >= 15 is 0 Å². The van der Waals surface area contributed by atoms with E-state index < -0.39 is 18.0 Å². The van der Waals surface area contributed by atoms with Crippen molar-refractivity contribution in [2.75, 3.05) is 0 Å². The Morgan fingerprint density at radius 1 is 0.938 bits per heavy atom. The number of nitrogens with one attached hydrogen (secondary N) is 3. The normalized spacial score (nSPS) is 11.0. The fraction of sp³-hybridized carbons (Fsp3) is 0.130. The number of H-pyrrole nitrogens is 1. The first kappa shape index (κ1) is 22.3. The summed E-state index contributed by atoms with van der Waals surface area (Å²) in [6.07, 6.45) is -0.936. The number of nitrogens with zero attached hydrogens (tertiary/aromatic N) is 1. The van der Waals surface area contributed by atoms with Crippen LogP contribution in [0.25, 0.3) is 0 Å². The number of aromatic nitrogens is 1. The second-order valence-electron chi connectivity index (χ2n) is 6.89. The van der Waals surface area contributed by atoms with Crippen molar-refractivity contribution < 1.29 is 19.1 Å². The number of aromatic amines is 1. The molecule has 0 spiro atoms. The van der Waals surface area contributed by atoms with Gasteiger partial charge >= 0.3 is 6.09 Å². The standard InChI is InChI=1S/C23H23N5O4/c1-15-7-5-6-10-17(15)13-25-20(29)18-11-12-19(26-18)21(30)27-22(24)28-23(31)32-14-16-8-3-2-4-9-16/h2-12,26H,13-14H2,1H3,(H,25,29)(H3,24,27,28,30,31). The van der Waals surface area contributed by atoms with Gasteiger partial charge in [-0.05, 0) is 35.7 Å². The fourth-order valence-corrected chi connectivity index (χ4v) is 2.80. The molecule has 3 rings (SSSR count). The minimum Gasteiger partial charge on any atom is -0.443 e.